The maximum atomic E-state index is 13.5. The third kappa shape index (κ3) is 5.18. The molecule has 4 aromatic rings. The minimum atomic E-state index is -3.76. The second-order valence-corrected chi connectivity index (χ2v) is 8.65. The van der Waals surface area contributed by atoms with Gasteiger partial charge >= 0.3 is 6.29 Å². The monoisotopic (exact) mass is 527 g/mol. The van der Waals surface area contributed by atoms with E-state index in [0.717, 1.165) is 0 Å². The summed E-state index contributed by atoms with van der Waals surface area (Å²) in [6, 6.07) is 12.2. The van der Waals surface area contributed by atoms with Gasteiger partial charge in [-0.15, -0.1) is 8.78 Å². The van der Waals surface area contributed by atoms with Gasteiger partial charge in [-0.25, -0.2) is 9.97 Å². The lowest BCUT2D eigenvalue weighted by Crippen LogP contribution is -2.31. The van der Waals surface area contributed by atoms with Gasteiger partial charge < -0.3 is 30.2 Å². The second kappa shape index (κ2) is 9.68. The molecule has 2 aromatic heterocycles. The van der Waals surface area contributed by atoms with E-state index in [1.807, 2.05) is 0 Å². The Morgan fingerprint density at radius 3 is 2.81 bits per heavy atom. The van der Waals surface area contributed by atoms with Crippen molar-refractivity contribution in [3.05, 3.63) is 82.8 Å². The number of carbonyl (C=O) groups excluding carboxylic acids is 1. The molecule has 0 fully saturated rings. The van der Waals surface area contributed by atoms with Crippen LogP contribution in [0.5, 0.6) is 11.5 Å². The van der Waals surface area contributed by atoms with Gasteiger partial charge in [-0.2, -0.15) is 0 Å². The number of halogens is 3. The highest BCUT2D eigenvalue weighted by atomic mass is 35.5. The van der Waals surface area contributed by atoms with E-state index in [-0.39, 0.29) is 35.4 Å². The quantitative estimate of drug-likeness (QED) is 0.268. The molecule has 1 aliphatic heterocycles. The van der Waals surface area contributed by atoms with Crippen LogP contribution in [0.4, 0.5) is 20.4 Å². The number of aryl methyl sites for hydroxylation is 1. The molecule has 3 heterocycles. The molecule has 4 N–H and O–H groups in total. The summed E-state index contributed by atoms with van der Waals surface area (Å²) in [6.45, 7) is 1.48. The minimum Gasteiger partial charge on any atom is -0.395 e. The Labute approximate surface area is 214 Å². The van der Waals surface area contributed by atoms with Gasteiger partial charge in [-0.1, -0.05) is 29.8 Å². The summed E-state index contributed by atoms with van der Waals surface area (Å²) in [6.07, 6.45) is -0.587. The first-order valence-corrected chi connectivity index (χ1v) is 11.5. The van der Waals surface area contributed by atoms with Crippen LogP contribution in [0.25, 0.3) is 11.3 Å². The molecular weight excluding hydrogens is 508 g/mol. The van der Waals surface area contributed by atoms with Gasteiger partial charge in [0.2, 0.25) is 5.95 Å². The van der Waals surface area contributed by atoms with Gasteiger partial charge in [0.25, 0.3) is 5.91 Å². The number of anilines is 2. The molecule has 1 atom stereocenters. The number of alkyl halides is 2. The maximum absolute atomic E-state index is 13.5. The molecule has 12 heteroatoms. The van der Waals surface area contributed by atoms with E-state index < -0.39 is 18.2 Å². The van der Waals surface area contributed by atoms with Crippen LogP contribution in [-0.2, 0) is 0 Å². The molecule has 0 saturated carbocycles. The zero-order valence-corrected chi connectivity index (χ0v) is 20.0. The number of aromatic nitrogens is 3. The Morgan fingerprint density at radius 1 is 1.22 bits per heavy atom. The Morgan fingerprint density at radius 2 is 2.03 bits per heavy atom. The van der Waals surface area contributed by atoms with Crippen LogP contribution in [0.2, 0.25) is 5.02 Å². The molecule has 190 valence electrons. The van der Waals surface area contributed by atoms with Gasteiger partial charge in [0.05, 0.1) is 24.0 Å². The van der Waals surface area contributed by atoms with E-state index in [9.17, 15) is 18.7 Å². The molecular formula is C25H20ClF2N5O4. The van der Waals surface area contributed by atoms with Crippen molar-refractivity contribution < 1.29 is 28.2 Å². The number of aliphatic hydroxyl groups excluding tert-OH is 1. The molecule has 2 aromatic carbocycles. The highest BCUT2D eigenvalue weighted by molar-refractivity contribution is 6.30. The largest absolute Gasteiger partial charge is 0.586 e. The molecule has 37 heavy (non-hydrogen) atoms. The summed E-state index contributed by atoms with van der Waals surface area (Å²) in [5.41, 5.74) is 2.94. The number of aliphatic hydroxyl groups is 1. The summed E-state index contributed by atoms with van der Waals surface area (Å²) in [7, 11) is 0. The fourth-order valence-corrected chi connectivity index (χ4v) is 4.04. The lowest BCUT2D eigenvalue weighted by Gasteiger charge is -2.16. The van der Waals surface area contributed by atoms with Crippen molar-refractivity contribution in [3.63, 3.8) is 0 Å². The van der Waals surface area contributed by atoms with Gasteiger partial charge in [0, 0.05) is 23.0 Å². The first kappa shape index (κ1) is 24.5. The van der Waals surface area contributed by atoms with E-state index in [2.05, 4.69) is 35.1 Å². The molecule has 1 amide bonds. The van der Waals surface area contributed by atoms with E-state index in [1.54, 1.807) is 49.6 Å². The summed E-state index contributed by atoms with van der Waals surface area (Å²) < 4.78 is 36.1. The first-order valence-electron chi connectivity index (χ1n) is 11.1. The number of aromatic amines is 1. The molecule has 0 radical (unpaired) electrons. The summed E-state index contributed by atoms with van der Waals surface area (Å²) >= 11 is 6.03. The number of rotatable bonds is 7. The molecule has 0 spiro atoms. The van der Waals surface area contributed by atoms with Crippen LogP contribution in [0.1, 0.15) is 27.7 Å². The second-order valence-electron chi connectivity index (χ2n) is 8.22. The number of nitrogens with one attached hydrogen (secondary N) is 3. The molecule has 0 bridgehead atoms. The molecule has 5 rings (SSSR count). The summed E-state index contributed by atoms with van der Waals surface area (Å²) in [5.74, 6) is -0.575. The topological polar surface area (TPSA) is 121 Å². The van der Waals surface area contributed by atoms with Crippen molar-refractivity contribution in [2.75, 3.05) is 11.9 Å². The average molecular weight is 528 g/mol. The SMILES string of the molecule is Cc1cnc(Nc2cccc3c2OC(F)(F)O3)nc1-c1c[nH]c(C(=O)N[C@H](CO)c2cccc(Cl)c2)c1. The van der Waals surface area contributed by atoms with Crippen LogP contribution in [0, 0.1) is 6.92 Å². The lowest BCUT2D eigenvalue weighted by molar-refractivity contribution is -0.286. The standard InChI is InChI=1S/C25H20ClF2N5O4/c1-13-10-30-24(32-17-6-3-7-20-22(17)37-25(27,28)36-20)33-21(13)15-9-18(29-11-15)23(35)31-19(12-34)14-4-2-5-16(26)8-14/h2-11,19,29,34H,12H2,1H3,(H,31,35)(H,30,32,33)/t19-/m1/s1. The smallest absolute Gasteiger partial charge is 0.395 e. The maximum Gasteiger partial charge on any atom is 0.586 e. The van der Waals surface area contributed by atoms with Crippen molar-refractivity contribution in [2.45, 2.75) is 19.3 Å². The number of amides is 1. The molecule has 9 nitrogen and oxygen atoms in total. The van der Waals surface area contributed by atoms with Gasteiger partial charge in [-0.05, 0) is 48.4 Å². The number of benzene rings is 2. The molecule has 1 aliphatic rings. The van der Waals surface area contributed by atoms with E-state index in [4.69, 9.17) is 11.6 Å². The Balaban J connectivity index is 1.35. The number of hydrogen-bond acceptors (Lipinski definition) is 7. The number of carbonyl (C=O) groups is 1. The average Bonchev–Trinajstić information content (AvgIpc) is 3.47. The van der Waals surface area contributed by atoms with Crippen LogP contribution in [0.15, 0.2) is 60.9 Å². The highest BCUT2D eigenvalue weighted by Gasteiger charge is 2.44. The Bertz CT molecular complexity index is 1480. The fraction of sp³-hybridized carbons (Fsp3) is 0.160. The Hall–Kier alpha value is -4.22. The molecule has 0 unspecified atom stereocenters. The van der Waals surface area contributed by atoms with Gasteiger partial charge in [0.1, 0.15) is 5.69 Å². The number of fused-ring (bicyclic) bond motifs is 1. The van der Waals surface area contributed by atoms with E-state index in [0.29, 0.717) is 27.4 Å². The molecule has 0 aliphatic carbocycles. The fourth-order valence-electron chi connectivity index (χ4n) is 3.84. The summed E-state index contributed by atoms with van der Waals surface area (Å²) in [5, 5.41) is 15.9. The lowest BCUT2D eigenvalue weighted by atomic mass is 10.1. The van der Waals surface area contributed by atoms with Crippen molar-refractivity contribution in [2.24, 2.45) is 0 Å². The minimum absolute atomic E-state index is 0.109. The van der Waals surface area contributed by atoms with Crippen LogP contribution < -0.4 is 20.1 Å². The number of nitrogens with zero attached hydrogens (tertiary/aromatic N) is 2. The van der Waals surface area contributed by atoms with E-state index >= 15 is 0 Å². The van der Waals surface area contributed by atoms with Crippen molar-refractivity contribution in [1.29, 1.82) is 0 Å². The van der Waals surface area contributed by atoms with Gasteiger partial charge in [0.15, 0.2) is 11.5 Å². The normalized spacial score (nSPS) is 14.3. The third-order valence-corrected chi connectivity index (χ3v) is 5.82. The number of ether oxygens (including phenoxy) is 2. The number of hydrogen-bond donors (Lipinski definition) is 4. The first-order chi connectivity index (χ1) is 17.7. The third-order valence-electron chi connectivity index (χ3n) is 5.59. The van der Waals surface area contributed by atoms with Crippen molar-refractivity contribution in [1.82, 2.24) is 20.3 Å². The van der Waals surface area contributed by atoms with Crippen LogP contribution in [-0.4, -0.2) is 38.9 Å². The van der Waals surface area contributed by atoms with E-state index in [1.165, 1.54) is 18.2 Å². The van der Waals surface area contributed by atoms with Crippen molar-refractivity contribution in [3.8, 4) is 22.8 Å². The van der Waals surface area contributed by atoms with Crippen molar-refractivity contribution >= 4 is 29.1 Å². The number of para-hydroxylation sites is 1. The highest BCUT2D eigenvalue weighted by Crippen LogP contribution is 2.46. The van der Waals surface area contributed by atoms with Gasteiger partial charge in [-0.3, -0.25) is 4.79 Å². The zero-order valence-electron chi connectivity index (χ0n) is 19.3. The van der Waals surface area contributed by atoms with Crippen LogP contribution in [0.3, 0.4) is 0 Å². The predicted octanol–water partition coefficient (Wildman–Crippen LogP) is 4.96. The van der Waals surface area contributed by atoms with Crippen LogP contribution >= 0.6 is 11.6 Å². The zero-order chi connectivity index (χ0) is 26.2. The number of H-pyrrole nitrogens is 1. The molecule has 0 saturated heterocycles. The predicted molar refractivity (Wildman–Crippen MR) is 131 cm³/mol. The Kier molecular flexibility index (Phi) is 6.40. The summed E-state index contributed by atoms with van der Waals surface area (Å²) in [4.78, 5) is 24.5.